The topological polar surface area (TPSA) is 93.7 Å². The fraction of sp³-hybridized carbons (Fsp3) is 0.381. The van der Waals surface area contributed by atoms with Gasteiger partial charge in [-0.15, -0.1) is 11.3 Å². The summed E-state index contributed by atoms with van der Waals surface area (Å²) in [5.74, 6) is -0.260. The summed E-state index contributed by atoms with van der Waals surface area (Å²) in [6, 6.07) is 6.82. The number of carbonyl (C=O) groups is 3. The lowest BCUT2D eigenvalue weighted by molar-refractivity contribution is 0.0925. The third-order valence-corrected chi connectivity index (χ3v) is 5.34. The summed E-state index contributed by atoms with van der Waals surface area (Å²) in [5.41, 5.74) is 1.40. The van der Waals surface area contributed by atoms with Crippen molar-refractivity contribution in [2.24, 2.45) is 0 Å². The molecule has 0 bridgehead atoms. The van der Waals surface area contributed by atoms with E-state index in [1.165, 1.54) is 11.3 Å². The van der Waals surface area contributed by atoms with E-state index in [4.69, 9.17) is 9.47 Å². The lowest BCUT2D eigenvalue weighted by atomic mass is 10.1. The molecule has 8 heteroatoms. The molecule has 0 radical (unpaired) electrons. The Morgan fingerprint density at radius 2 is 1.72 bits per heavy atom. The number of ether oxygens (including phenoxy) is 2. The third-order valence-electron chi connectivity index (χ3n) is 4.21. The normalized spacial score (nSPS) is 10.3. The summed E-state index contributed by atoms with van der Waals surface area (Å²) in [4.78, 5) is 37.6. The van der Waals surface area contributed by atoms with Gasteiger partial charge in [-0.3, -0.25) is 14.9 Å². The van der Waals surface area contributed by atoms with E-state index in [0.717, 1.165) is 17.7 Å². The predicted molar refractivity (Wildman–Crippen MR) is 113 cm³/mol. The van der Waals surface area contributed by atoms with Crippen LogP contribution in [0.4, 0.5) is 9.80 Å². The number of amides is 3. The average Bonchev–Trinajstić information content (AvgIpc) is 2.96. The smallest absolute Gasteiger partial charge is 0.414 e. The van der Waals surface area contributed by atoms with Crippen LogP contribution in [0.2, 0.25) is 0 Å². The SMILES string of the molecule is CCCCOc1ccc(C(=O)Nc2sc(C)c(C)c2C(=O)NC(=O)OCC)cc1. The van der Waals surface area contributed by atoms with Crippen molar-refractivity contribution in [1.29, 1.82) is 0 Å². The molecular weight excluding hydrogens is 392 g/mol. The standard InChI is InChI=1S/C21H26N2O5S/c1-5-7-12-28-16-10-8-15(9-11-16)18(24)22-20-17(13(3)14(4)29-20)19(25)23-21(26)27-6-2/h8-11H,5-7,12H2,1-4H3,(H,22,24)(H,23,25,26). The van der Waals surface area contributed by atoms with Gasteiger partial charge in [-0.25, -0.2) is 4.79 Å². The van der Waals surface area contributed by atoms with E-state index >= 15 is 0 Å². The predicted octanol–water partition coefficient (Wildman–Crippen LogP) is 4.68. The number of aryl methyl sites for hydroxylation is 1. The molecule has 0 fully saturated rings. The van der Waals surface area contributed by atoms with Gasteiger partial charge in [0.25, 0.3) is 11.8 Å². The summed E-state index contributed by atoms with van der Waals surface area (Å²) in [7, 11) is 0. The summed E-state index contributed by atoms with van der Waals surface area (Å²) in [6.07, 6.45) is 1.19. The monoisotopic (exact) mass is 418 g/mol. The van der Waals surface area contributed by atoms with Gasteiger partial charge in [0.05, 0.1) is 18.8 Å². The second-order valence-corrected chi connectivity index (χ2v) is 7.57. The zero-order chi connectivity index (χ0) is 21.4. The molecule has 2 aromatic rings. The molecule has 0 aliphatic carbocycles. The highest BCUT2D eigenvalue weighted by Crippen LogP contribution is 2.32. The Bertz CT molecular complexity index is 874. The molecule has 0 aliphatic rings. The summed E-state index contributed by atoms with van der Waals surface area (Å²) in [5, 5.41) is 5.33. The molecule has 29 heavy (non-hydrogen) atoms. The van der Waals surface area contributed by atoms with Gasteiger partial charge in [-0.05, 0) is 57.0 Å². The van der Waals surface area contributed by atoms with Gasteiger partial charge in [0.1, 0.15) is 10.8 Å². The van der Waals surface area contributed by atoms with Crippen LogP contribution >= 0.6 is 11.3 Å². The van der Waals surface area contributed by atoms with Gasteiger partial charge in [-0.2, -0.15) is 0 Å². The number of unbranched alkanes of at least 4 members (excludes halogenated alkanes) is 1. The summed E-state index contributed by atoms with van der Waals surface area (Å²) < 4.78 is 10.4. The number of alkyl carbamates (subject to hydrolysis) is 1. The zero-order valence-corrected chi connectivity index (χ0v) is 17.9. The Hall–Kier alpha value is -2.87. The number of hydrogen-bond donors (Lipinski definition) is 2. The fourth-order valence-electron chi connectivity index (χ4n) is 2.52. The van der Waals surface area contributed by atoms with Crippen molar-refractivity contribution in [3.8, 4) is 5.75 Å². The molecule has 1 aromatic carbocycles. The Balaban J connectivity index is 2.13. The number of anilines is 1. The van der Waals surface area contributed by atoms with Gasteiger partial charge in [0.15, 0.2) is 0 Å². The van der Waals surface area contributed by atoms with E-state index in [2.05, 4.69) is 17.6 Å². The van der Waals surface area contributed by atoms with Crippen LogP contribution in [0.25, 0.3) is 0 Å². The van der Waals surface area contributed by atoms with Crippen molar-refractivity contribution in [1.82, 2.24) is 5.32 Å². The number of hydrogen-bond acceptors (Lipinski definition) is 6. The summed E-state index contributed by atoms with van der Waals surface area (Å²) in [6.45, 7) is 8.14. The molecule has 1 heterocycles. The Kier molecular flexibility index (Phi) is 8.21. The van der Waals surface area contributed by atoms with E-state index < -0.39 is 12.0 Å². The number of imide groups is 1. The van der Waals surface area contributed by atoms with Crippen molar-refractivity contribution in [2.45, 2.75) is 40.5 Å². The molecule has 2 rings (SSSR count). The largest absolute Gasteiger partial charge is 0.494 e. The minimum Gasteiger partial charge on any atom is -0.494 e. The molecule has 0 saturated heterocycles. The first-order chi connectivity index (χ1) is 13.9. The van der Waals surface area contributed by atoms with Gasteiger partial charge in [0.2, 0.25) is 0 Å². The Morgan fingerprint density at radius 1 is 1.03 bits per heavy atom. The number of carbonyl (C=O) groups excluding carboxylic acids is 3. The molecule has 0 saturated carbocycles. The Morgan fingerprint density at radius 3 is 2.34 bits per heavy atom. The molecule has 0 atom stereocenters. The molecule has 0 spiro atoms. The van der Waals surface area contributed by atoms with E-state index in [1.54, 1.807) is 38.1 Å². The molecular formula is C21H26N2O5S. The minimum absolute atomic E-state index is 0.155. The van der Waals surface area contributed by atoms with Crippen molar-refractivity contribution in [3.63, 3.8) is 0 Å². The molecule has 156 valence electrons. The third kappa shape index (κ3) is 6.05. The molecule has 0 aliphatic heterocycles. The van der Waals surface area contributed by atoms with Crippen molar-refractivity contribution in [2.75, 3.05) is 18.5 Å². The molecule has 7 nitrogen and oxygen atoms in total. The molecule has 3 amide bonds. The highest BCUT2D eigenvalue weighted by atomic mass is 32.1. The van der Waals surface area contributed by atoms with Crippen LogP contribution in [0.5, 0.6) is 5.75 Å². The molecule has 0 unspecified atom stereocenters. The lowest BCUT2D eigenvalue weighted by Gasteiger charge is -2.09. The number of rotatable bonds is 8. The van der Waals surface area contributed by atoms with Gasteiger partial charge in [0, 0.05) is 10.4 Å². The van der Waals surface area contributed by atoms with Crippen LogP contribution in [-0.2, 0) is 4.74 Å². The highest BCUT2D eigenvalue weighted by Gasteiger charge is 2.23. The van der Waals surface area contributed by atoms with E-state index in [9.17, 15) is 14.4 Å². The number of benzene rings is 1. The second kappa shape index (κ2) is 10.6. The fourth-order valence-corrected chi connectivity index (χ4v) is 3.58. The number of thiophene rings is 1. The first-order valence-electron chi connectivity index (χ1n) is 9.49. The van der Waals surface area contributed by atoms with Crippen LogP contribution in [-0.4, -0.2) is 31.1 Å². The first kappa shape index (κ1) is 22.4. The molecule has 1 aromatic heterocycles. The first-order valence-corrected chi connectivity index (χ1v) is 10.3. The van der Waals surface area contributed by atoms with E-state index in [1.807, 2.05) is 6.92 Å². The van der Waals surface area contributed by atoms with Crippen molar-refractivity contribution < 1.29 is 23.9 Å². The van der Waals surface area contributed by atoms with Crippen LogP contribution in [0.3, 0.4) is 0 Å². The zero-order valence-electron chi connectivity index (χ0n) is 17.1. The lowest BCUT2D eigenvalue weighted by Crippen LogP contribution is -2.31. The van der Waals surface area contributed by atoms with E-state index in [-0.39, 0.29) is 18.1 Å². The Labute approximate surface area is 174 Å². The van der Waals surface area contributed by atoms with Crippen LogP contribution in [0.1, 0.15) is 57.8 Å². The summed E-state index contributed by atoms with van der Waals surface area (Å²) >= 11 is 1.28. The van der Waals surface area contributed by atoms with Crippen molar-refractivity contribution in [3.05, 3.63) is 45.8 Å². The van der Waals surface area contributed by atoms with Crippen LogP contribution < -0.4 is 15.4 Å². The highest BCUT2D eigenvalue weighted by molar-refractivity contribution is 7.16. The van der Waals surface area contributed by atoms with Crippen molar-refractivity contribution >= 4 is 34.2 Å². The van der Waals surface area contributed by atoms with Gasteiger partial charge in [-0.1, -0.05) is 13.3 Å². The van der Waals surface area contributed by atoms with Gasteiger partial charge >= 0.3 is 6.09 Å². The molecule has 2 N–H and O–H groups in total. The number of nitrogens with one attached hydrogen (secondary N) is 2. The average molecular weight is 419 g/mol. The van der Waals surface area contributed by atoms with Crippen LogP contribution in [0, 0.1) is 13.8 Å². The quantitative estimate of drug-likeness (QED) is 0.607. The second-order valence-electron chi connectivity index (χ2n) is 6.34. The van der Waals surface area contributed by atoms with Crippen LogP contribution in [0.15, 0.2) is 24.3 Å². The van der Waals surface area contributed by atoms with Gasteiger partial charge < -0.3 is 14.8 Å². The maximum Gasteiger partial charge on any atom is 0.414 e. The maximum absolute atomic E-state index is 12.6. The minimum atomic E-state index is -0.823. The van der Waals surface area contributed by atoms with E-state index in [0.29, 0.717) is 28.5 Å². The maximum atomic E-state index is 12.6.